The van der Waals surface area contributed by atoms with Gasteiger partial charge in [0.05, 0.1) is 0 Å². The fraction of sp³-hybridized carbons (Fsp3) is 0.111. The lowest BCUT2D eigenvalue weighted by molar-refractivity contribution is 0.628. The molecule has 1 aromatic rings. The van der Waals surface area contributed by atoms with E-state index in [4.69, 9.17) is 0 Å². The van der Waals surface area contributed by atoms with Crippen LogP contribution in [0, 0.1) is 5.82 Å². The fourth-order valence-electron chi connectivity index (χ4n) is 0.813. The van der Waals surface area contributed by atoms with Gasteiger partial charge in [-0.1, -0.05) is 12.6 Å². The van der Waals surface area contributed by atoms with Gasteiger partial charge in [0.15, 0.2) is 0 Å². The molecule has 0 aromatic heterocycles. The molecule has 1 rings (SSSR count). The highest BCUT2D eigenvalue weighted by Crippen LogP contribution is 2.10. The van der Waals surface area contributed by atoms with Gasteiger partial charge in [0.25, 0.3) is 0 Å². The average Bonchev–Trinajstić information content (AvgIpc) is 1.85. The quantitative estimate of drug-likeness (QED) is 0.685. The Bertz CT molecular complexity index is 268. The number of rotatable bonds is 2. The van der Waals surface area contributed by atoms with Crippen molar-refractivity contribution in [1.29, 1.82) is 0 Å². The van der Waals surface area contributed by atoms with E-state index in [9.17, 15) is 4.39 Å². The number of allylic oxidation sites excluding steroid dienone is 1. The molecule has 0 aliphatic heterocycles. The Labute approximate surface area is 65.6 Å². The Kier molecular flexibility index (Phi) is 2.26. The Morgan fingerprint density at radius 2 is 2.27 bits per heavy atom. The van der Waals surface area contributed by atoms with Crippen molar-refractivity contribution in [2.75, 3.05) is 5.32 Å². The van der Waals surface area contributed by atoms with Crippen LogP contribution in [0.1, 0.15) is 6.92 Å². The summed E-state index contributed by atoms with van der Waals surface area (Å²) in [5, 5.41) is 2.91. The van der Waals surface area contributed by atoms with E-state index in [0.717, 1.165) is 11.4 Å². The van der Waals surface area contributed by atoms with Crippen molar-refractivity contribution in [3.05, 3.63) is 42.4 Å². The third-order valence-electron chi connectivity index (χ3n) is 1.18. The highest BCUT2D eigenvalue weighted by molar-refractivity contribution is 5.47. The summed E-state index contributed by atoms with van der Waals surface area (Å²) in [6.45, 7) is 5.47. The van der Waals surface area contributed by atoms with Gasteiger partial charge >= 0.3 is 0 Å². The van der Waals surface area contributed by atoms with E-state index in [1.54, 1.807) is 12.1 Å². The van der Waals surface area contributed by atoms with Gasteiger partial charge in [-0.05, 0) is 25.1 Å². The second-order valence-electron chi connectivity index (χ2n) is 2.42. The molecule has 0 aliphatic rings. The summed E-state index contributed by atoms with van der Waals surface area (Å²) >= 11 is 0. The maximum Gasteiger partial charge on any atom is 0.125 e. The minimum atomic E-state index is -0.240. The molecule has 0 bridgehead atoms. The topological polar surface area (TPSA) is 12.0 Å². The molecule has 0 heterocycles. The Morgan fingerprint density at radius 3 is 2.82 bits per heavy atom. The van der Waals surface area contributed by atoms with Gasteiger partial charge in [-0.25, -0.2) is 4.39 Å². The van der Waals surface area contributed by atoms with Crippen LogP contribution in [0.25, 0.3) is 0 Å². The van der Waals surface area contributed by atoms with E-state index in [0.29, 0.717) is 0 Å². The molecule has 0 fully saturated rings. The normalized spacial score (nSPS) is 9.27. The van der Waals surface area contributed by atoms with E-state index >= 15 is 0 Å². The molecule has 0 unspecified atom stereocenters. The lowest BCUT2D eigenvalue weighted by Gasteiger charge is -2.03. The first-order chi connectivity index (χ1) is 5.18. The van der Waals surface area contributed by atoms with Crippen molar-refractivity contribution in [3.63, 3.8) is 0 Å². The first kappa shape index (κ1) is 7.79. The minimum absolute atomic E-state index is 0.240. The zero-order valence-corrected chi connectivity index (χ0v) is 6.39. The van der Waals surface area contributed by atoms with Gasteiger partial charge in [0.2, 0.25) is 0 Å². The van der Waals surface area contributed by atoms with E-state index in [-0.39, 0.29) is 5.82 Å². The summed E-state index contributed by atoms with van der Waals surface area (Å²) in [7, 11) is 0. The highest BCUT2D eigenvalue weighted by atomic mass is 19.1. The largest absolute Gasteiger partial charge is 0.360 e. The van der Waals surface area contributed by atoms with Gasteiger partial charge in [-0.2, -0.15) is 0 Å². The van der Waals surface area contributed by atoms with Gasteiger partial charge < -0.3 is 5.32 Å². The van der Waals surface area contributed by atoms with Crippen LogP contribution < -0.4 is 5.32 Å². The molecule has 0 amide bonds. The van der Waals surface area contributed by atoms with Crippen LogP contribution in [0.3, 0.4) is 0 Å². The van der Waals surface area contributed by atoms with Crippen LogP contribution in [0.2, 0.25) is 0 Å². The summed E-state index contributed by atoms with van der Waals surface area (Å²) in [5.41, 5.74) is 1.54. The van der Waals surface area contributed by atoms with Crippen LogP contribution >= 0.6 is 0 Å². The molecule has 0 spiro atoms. The molecule has 1 N–H and O–H groups in total. The predicted molar refractivity (Wildman–Crippen MR) is 44.8 cm³/mol. The fourth-order valence-corrected chi connectivity index (χ4v) is 0.813. The SMILES string of the molecule is C=C(C)Nc1cccc(F)c1. The molecule has 1 nitrogen and oxygen atoms in total. The monoisotopic (exact) mass is 151 g/mol. The zero-order valence-electron chi connectivity index (χ0n) is 6.39. The van der Waals surface area contributed by atoms with Gasteiger partial charge in [0, 0.05) is 11.4 Å². The number of hydrogen-bond donors (Lipinski definition) is 1. The molecule has 0 saturated heterocycles. The lowest BCUT2D eigenvalue weighted by Crippen LogP contribution is -1.93. The van der Waals surface area contributed by atoms with E-state index in [1.807, 2.05) is 6.92 Å². The number of benzene rings is 1. The van der Waals surface area contributed by atoms with E-state index in [2.05, 4.69) is 11.9 Å². The van der Waals surface area contributed by atoms with Crippen molar-refractivity contribution in [1.82, 2.24) is 0 Å². The molecule has 2 heteroatoms. The van der Waals surface area contributed by atoms with Crippen LogP contribution in [0.4, 0.5) is 10.1 Å². The molecule has 58 valence electrons. The average molecular weight is 151 g/mol. The first-order valence-electron chi connectivity index (χ1n) is 3.36. The molecule has 0 atom stereocenters. The second-order valence-corrected chi connectivity index (χ2v) is 2.42. The van der Waals surface area contributed by atoms with Crippen molar-refractivity contribution in [2.45, 2.75) is 6.92 Å². The third kappa shape index (κ3) is 2.42. The van der Waals surface area contributed by atoms with Crippen molar-refractivity contribution in [2.24, 2.45) is 0 Å². The lowest BCUT2D eigenvalue weighted by atomic mass is 10.3. The summed E-state index contributed by atoms with van der Waals surface area (Å²) < 4.78 is 12.5. The smallest absolute Gasteiger partial charge is 0.125 e. The molecular formula is C9H10FN. The van der Waals surface area contributed by atoms with Crippen LogP contribution in [-0.4, -0.2) is 0 Å². The number of halogens is 1. The van der Waals surface area contributed by atoms with Gasteiger partial charge in [-0.15, -0.1) is 0 Å². The molecule has 1 aromatic carbocycles. The second kappa shape index (κ2) is 3.19. The molecule has 0 radical (unpaired) electrons. The Balaban J connectivity index is 2.79. The number of hydrogen-bond acceptors (Lipinski definition) is 1. The summed E-state index contributed by atoms with van der Waals surface area (Å²) in [6, 6.07) is 6.27. The Morgan fingerprint density at radius 1 is 1.55 bits per heavy atom. The number of anilines is 1. The maximum absolute atomic E-state index is 12.5. The van der Waals surface area contributed by atoms with Gasteiger partial charge in [0.1, 0.15) is 5.82 Å². The van der Waals surface area contributed by atoms with E-state index in [1.165, 1.54) is 12.1 Å². The Hall–Kier alpha value is -1.31. The summed E-state index contributed by atoms with van der Waals surface area (Å²) in [6.07, 6.45) is 0. The summed E-state index contributed by atoms with van der Waals surface area (Å²) in [5.74, 6) is -0.240. The minimum Gasteiger partial charge on any atom is -0.360 e. The molecule has 0 aliphatic carbocycles. The standard InChI is InChI=1S/C9H10FN/c1-7(2)11-9-5-3-4-8(10)6-9/h3-6,11H,1H2,2H3. The molecular weight excluding hydrogens is 141 g/mol. The van der Waals surface area contributed by atoms with Crippen LogP contribution in [-0.2, 0) is 0 Å². The van der Waals surface area contributed by atoms with Crippen molar-refractivity contribution >= 4 is 5.69 Å². The van der Waals surface area contributed by atoms with Crippen LogP contribution in [0.15, 0.2) is 36.5 Å². The molecule has 11 heavy (non-hydrogen) atoms. The van der Waals surface area contributed by atoms with E-state index < -0.39 is 0 Å². The highest BCUT2D eigenvalue weighted by Gasteiger charge is 1.92. The predicted octanol–water partition coefficient (Wildman–Crippen LogP) is 2.77. The third-order valence-corrected chi connectivity index (χ3v) is 1.18. The first-order valence-corrected chi connectivity index (χ1v) is 3.36. The van der Waals surface area contributed by atoms with Crippen LogP contribution in [0.5, 0.6) is 0 Å². The maximum atomic E-state index is 12.5. The van der Waals surface area contributed by atoms with Crippen molar-refractivity contribution in [3.8, 4) is 0 Å². The zero-order chi connectivity index (χ0) is 8.27. The molecule has 0 saturated carbocycles. The number of nitrogens with one attached hydrogen (secondary N) is 1. The summed E-state index contributed by atoms with van der Waals surface area (Å²) in [4.78, 5) is 0. The van der Waals surface area contributed by atoms with Gasteiger partial charge in [-0.3, -0.25) is 0 Å². The van der Waals surface area contributed by atoms with Crippen molar-refractivity contribution < 1.29 is 4.39 Å².